The molecule has 216 valence electrons. The second-order valence-electron chi connectivity index (χ2n) is 10.2. The van der Waals surface area contributed by atoms with Crippen molar-refractivity contribution in [1.29, 1.82) is 0 Å². The van der Waals surface area contributed by atoms with Gasteiger partial charge >= 0.3 is 6.01 Å². The highest BCUT2D eigenvalue weighted by Gasteiger charge is 2.36. The Labute approximate surface area is 231 Å². The Hall–Kier alpha value is -2.55. The molecule has 1 aromatic carbocycles. The second kappa shape index (κ2) is 11.9. The van der Waals surface area contributed by atoms with Gasteiger partial charge < -0.3 is 14.2 Å². The fourth-order valence-electron chi connectivity index (χ4n) is 4.97. The van der Waals surface area contributed by atoms with Crippen molar-refractivity contribution >= 4 is 32.0 Å². The molecule has 2 aromatic rings. The Bertz CT molecular complexity index is 1350. The van der Waals surface area contributed by atoms with Crippen LogP contribution in [0.2, 0.25) is 0 Å². The SMILES string of the molecule is CCN(CC)S(=O)(=O)c1ccc(S(=O)(=O)N2CCCC(C(=O)N3CCN(c4nnc(C(C)C)o4)CC3)C2)cc1. The summed E-state index contributed by atoms with van der Waals surface area (Å²) in [5, 5.41) is 8.19. The van der Waals surface area contributed by atoms with Gasteiger partial charge in [-0.1, -0.05) is 32.8 Å². The number of benzene rings is 1. The summed E-state index contributed by atoms with van der Waals surface area (Å²) in [5.74, 6) is 0.229. The normalized spacial score (nSPS) is 19.7. The van der Waals surface area contributed by atoms with Crippen LogP contribution in [0.15, 0.2) is 38.5 Å². The third kappa shape index (κ3) is 6.13. The topological polar surface area (TPSA) is 137 Å². The number of piperazine rings is 1. The summed E-state index contributed by atoms with van der Waals surface area (Å²) in [6.45, 7) is 10.6. The van der Waals surface area contributed by atoms with Crippen LogP contribution in [0.5, 0.6) is 0 Å². The molecule has 0 N–H and O–H groups in total. The van der Waals surface area contributed by atoms with E-state index in [1.807, 2.05) is 18.7 Å². The lowest BCUT2D eigenvalue weighted by Crippen LogP contribution is -2.53. The van der Waals surface area contributed by atoms with Crippen LogP contribution in [0, 0.1) is 5.92 Å². The van der Waals surface area contributed by atoms with Crippen molar-refractivity contribution in [3.05, 3.63) is 30.2 Å². The van der Waals surface area contributed by atoms with E-state index >= 15 is 0 Å². The van der Waals surface area contributed by atoms with E-state index in [0.717, 1.165) is 0 Å². The number of carbonyl (C=O) groups excluding carboxylic acids is 1. The van der Waals surface area contributed by atoms with E-state index in [1.54, 1.807) is 18.7 Å². The summed E-state index contributed by atoms with van der Waals surface area (Å²) in [4.78, 5) is 17.2. The van der Waals surface area contributed by atoms with E-state index in [2.05, 4.69) is 10.2 Å². The molecule has 1 amide bonds. The molecule has 2 aliphatic heterocycles. The number of rotatable bonds is 9. The zero-order valence-electron chi connectivity index (χ0n) is 23.0. The van der Waals surface area contributed by atoms with Gasteiger partial charge in [-0.15, -0.1) is 5.10 Å². The zero-order chi connectivity index (χ0) is 28.4. The average Bonchev–Trinajstić information content (AvgIpc) is 3.44. The van der Waals surface area contributed by atoms with Crippen LogP contribution in [0.4, 0.5) is 6.01 Å². The number of hydrogen-bond acceptors (Lipinski definition) is 9. The van der Waals surface area contributed by atoms with Crippen molar-refractivity contribution in [2.75, 3.05) is 57.3 Å². The summed E-state index contributed by atoms with van der Waals surface area (Å²) in [6, 6.07) is 5.79. The molecule has 0 aliphatic carbocycles. The number of amides is 1. The maximum Gasteiger partial charge on any atom is 0.318 e. The maximum absolute atomic E-state index is 13.4. The molecule has 0 radical (unpaired) electrons. The van der Waals surface area contributed by atoms with E-state index in [9.17, 15) is 21.6 Å². The number of piperidine rings is 1. The van der Waals surface area contributed by atoms with Crippen LogP contribution in [0.1, 0.15) is 52.3 Å². The minimum atomic E-state index is -3.88. The van der Waals surface area contributed by atoms with Crippen LogP contribution in [0.3, 0.4) is 0 Å². The lowest BCUT2D eigenvalue weighted by Gasteiger charge is -2.38. The van der Waals surface area contributed by atoms with Gasteiger partial charge in [-0.05, 0) is 37.1 Å². The number of hydrogen-bond donors (Lipinski definition) is 0. The first-order valence-electron chi connectivity index (χ1n) is 13.5. The van der Waals surface area contributed by atoms with E-state index in [-0.39, 0.29) is 28.2 Å². The third-order valence-electron chi connectivity index (χ3n) is 7.32. The van der Waals surface area contributed by atoms with Gasteiger partial charge in [-0.2, -0.15) is 8.61 Å². The maximum atomic E-state index is 13.4. The van der Waals surface area contributed by atoms with Gasteiger partial charge in [-0.3, -0.25) is 4.79 Å². The molecule has 2 saturated heterocycles. The summed E-state index contributed by atoms with van der Waals surface area (Å²) < 4.78 is 60.7. The Morgan fingerprint density at radius 3 is 2.15 bits per heavy atom. The summed E-state index contributed by atoms with van der Waals surface area (Å²) in [6.07, 6.45) is 1.19. The highest BCUT2D eigenvalue weighted by atomic mass is 32.2. The van der Waals surface area contributed by atoms with E-state index in [0.29, 0.717) is 70.6 Å². The van der Waals surface area contributed by atoms with Crippen LogP contribution >= 0.6 is 0 Å². The largest absolute Gasteiger partial charge is 0.408 e. The van der Waals surface area contributed by atoms with E-state index in [4.69, 9.17) is 4.42 Å². The number of anilines is 1. The molecule has 1 aromatic heterocycles. The van der Waals surface area contributed by atoms with Crippen molar-refractivity contribution in [3.63, 3.8) is 0 Å². The minimum Gasteiger partial charge on any atom is -0.408 e. The van der Waals surface area contributed by atoms with Gasteiger partial charge in [0, 0.05) is 58.3 Å². The predicted molar refractivity (Wildman–Crippen MR) is 145 cm³/mol. The highest BCUT2D eigenvalue weighted by Crippen LogP contribution is 2.27. The summed E-state index contributed by atoms with van der Waals surface area (Å²) >= 11 is 0. The number of carbonyl (C=O) groups is 1. The monoisotopic (exact) mass is 582 g/mol. The van der Waals surface area contributed by atoms with Gasteiger partial charge in [0.2, 0.25) is 31.8 Å². The van der Waals surface area contributed by atoms with Crippen LogP contribution in [0.25, 0.3) is 0 Å². The van der Waals surface area contributed by atoms with Crippen molar-refractivity contribution in [2.24, 2.45) is 5.92 Å². The van der Waals surface area contributed by atoms with Crippen LogP contribution in [-0.2, 0) is 24.8 Å². The van der Waals surface area contributed by atoms with Gasteiger partial charge in [-0.25, -0.2) is 16.8 Å². The molecule has 0 bridgehead atoms. The summed E-state index contributed by atoms with van der Waals surface area (Å²) in [7, 11) is -7.57. The van der Waals surface area contributed by atoms with Crippen molar-refractivity contribution in [2.45, 2.75) is 56.2 Å². The highest BCUT2D eigenvalue weighted by molar-refractivity contribution is 7.89. The van der Waals surface area contributed by atoms with Crippen LogP contribution in [-0.4, -0.2) is 98.8 Å². The van der Waals surface area contributed by atoms with Crippen molar-refractivity contribution in [1.82, 2.24) is 23.7 Å². The Morgan fingerprint density at radius 1 is 0.974 bits per heavy atom. The first kappa shape index (κ1) is 29.4. The van der Waals surface area contributed by atoms with E-state index in [1.165, 1.54) is 32.9 Å². The summed E-state index contributed by atoms with van der Waals surface area (Å²) in [5.41, 5.74) is 0. The average molecular weight is 583 g/mol. The predicted octanol–water partition coefficient (Wildman–Crippen LogP) is 1.97. The molecule has 3 heterocycles. The van der Waals surface area contributed by atoms with Gasteiger partial charge in [0.25, 0.3) is 0 Å². The molecule has 39 heavy (non-hydrogen) atoms. The molecule has 2 aliphatic rings. The quantitative estimate of drug-likeness (QED) is 0.434. The minimum absolute atomic E-state index is 0.0167. The smallest absolute Gasteiger partial charge is 0.318 e. The first-order chi connectivity index (χ1) is 18.5. The molecule has 12 nitrogen and oxygen atoms in total. The number of sulfonamides is 2. The lowest BCUT2D eigenvalue weighted by molar-refractivity contribution is -0.137. The molecule has 2 fully saturated rings. The Kier molecular flexibility index (Phi) is 8.98. The Balaban J connectivity index is 1.39. The fraction of sp³-hybridized carbons (Fsp3) is 0.640. The molecule has 0 saturated carbocycles. The first-order valence-corrected chi connectivity index (χ1v) is 16.3. The Morgan fingerprint density at radius 2 is 1.59 bits per heavy atom. The molecule has 14 heteroatoms. The standard InChI is InChI=1S/C25H38N6O6S2/c1-5-30(6-2)38(33,34)21-9-11-22(12-10-21)39(35,36)31-13-7-8-20(18-31)24(32)28-14-16-29(17-15-28)25-27-26-23(37-25)19(3)4/h9-12,19-20H,5-8,13-18H2,1-4H3. The van der Waals surface area contributed by atoms with Crippen LogP contribution < -0.4 is 4.90 Å². The molecular formula is C25H38N6O6S2. The number of nitrogens with zero attached hydrogens (tertiary/aromatic N) is 6. The number of aromatic nitrogens is 2. The van der Waals surface area contributed by atoms with E-state index < -0.39 is 26.0 Å². The van der Waals surface area contributed by atoms with Gasteiger partial charge in [0.1, 0.15) is 0 Å². The lowest BCUT2D eigenvalue weighted by atomic mass is 9.98. The molecule has 0 spiro atoms. The van der Waals surface area contributed by atoms with Crippen molar-refractivity contribution in [3.8, 4) is 0 Å². The molecular weight excluding hydrogens is 544 g/mol. The second-order valence-corrected chi connectivity index (χ2v) is 14.0. The fourth-order valence-corrected chi connectivity index (χ4v) is 7.95. The van der Waals surface area contributed by atoms with Gasteiger partial charge in [0.05, 0.1) is 15.7 Å². The van der Waals surface area contributed by atoms with Gasteiger partial charge in [0.15, 0.2) is 0 Å². The third-order valence-corrected chi connectivity index (χ3v) is 11.3. The van der Waals surface area contributed by atoms with Crippen molar-refractivity contribution < 1.29 is 26.0 Å². The zero-order valence-corrected chi connectivity index (χ0v) is 24.6. The molecule has 1 unspecified atom stereocenters. The molecule has 1 atom stereocenters. The molecule has 4 rings (SSSR count).